The van der Waals surface area contributed by atoms with Crippen molar-refractivity contribution in [2.24, 2.45) is 0 Å². The van der Waals surface area contributed by atoms with Gasteiger partial charge in [-0.1, -0.05) is 47.7 Å². The number of anilines is 1. The first-order chi connectivity index (χ1) is 14.9. The molecule has 1 atom stereocenters. The molecule has 0 aliphatic carbocycles. The topological polar surface area (TPSA) is 91.2 Å². The van der Waals surface area contributed by atoms with Gasteiger partial charge < -0.3 is 15.4 Å². The Labute approximate surface area is 186 Å². The standard InChI is InChI=1S/C24H25N3O3S/c1-4-30-21-8-6-5-7-17(21)18-12-22(28)27-24(19(18)13-25)31-14-23(29)26-20-10-9-15(2)11-16(20)3/h5-11,18H,4,12,14H2,1-3H3,(H,26,29)(H,27,28)/t18-/m0/s1. The maximum atomic E-state index is 12.5. The van der Waals surface area contributed by atoms with Gasteiger partial charge in [-0.05, 0) is 38.5 Å². The summed E-state index contributed by atoms with van der Waals surface area (Å²) in [6, 6.07) is 15.5. The fourth-order valence-electron chi connectivity index (χ4n) is 3.53. The molecule has 0 fully saturated rings. The van der Waals surface area contributed by atoms with E-state index in [-0.39, 0.29) is 24.0 Å². The van der Waals surface area contributed by atoms with Gasteiger partial charge in [-0.3, -0.25) is 9.59 Å². The highest BCUT2D eigenvalue weighted by atomic mass is 32.2. The average molecular weight is 436 g/mol. The fourth-order valence-corrected chi connectivity index (χ4v) is 4.41. The molecular weight excluding hydrogens is 410 g/mol. The predicted octanol–water partition coefficient (Wildman–Crippen LogP) is 4.41. The van der Waals surface area contributed by atoms with Gasteiger partial charge in [0.25, 0.3) is 0 Å². The molecule has 0 saturated carbocycles. The van der Waals surface area contributed by atoms with Crippen LogP contribution in [-0.4, -0.2) is 24.2 Å². The van der Waals surface area contributed by atoms with E-state index in [1.165, 1.54) is 0 Å². The molecule has 0 aromatic heterocycles. The van der Waals surface area contributed by atoms with Crippen LogP contribution in [0.4, 0.5) is 5.69 Å². The normalized spacial score (nSPS) is 15.8. The zero-order valence-electron chi connectivity index (χ0n) is 17.8. The first kappa shape index (κ1) is 22.4. The van der Waals surface area contributed by atoms with Crippen LogP contribution in [-0.2, 0) is 9.59 Å². The summed E-state index contributed by atoms with van der Waals surface area (Å²) in [6.45, 7) is 6.31. The van der Waals surface area contributed by atoms with Crippen LogP contribution < -0.4 is 15.4 Å². The number of rotatable bonds is 7. The third-order valence-corrected chi connectivity index (χ3v) is 5.97. The minimum Gasteiger partial charge on any atom is -0.494 e. The van der Waals surface area contributed by atoms with Gasteiger partial charge in [0, 0.05) is 23.6 Å². The second-order valence-electron chi connectivity index (χ2n) is 7.29. The second kappa shape index (κ2) is 10.2. The van der Waals surface area contributed by atoms with Crippen molar-refractivity contribution >= 4 is 29.3 Å². The van der Waals surface area contributed by atoms with Crippen molar-refractivity contribution in [3.05, 3.63) is 69.8 Å². The number of allylic oxidation sites excluding steroid dienone is 1. The van der Waals surface area contributed by atoms with Crippen LogP contribution in [0.1, 0.15) is 36.0 Å². The lowest BCUT2D eigenvalue weighted by atomic mass is 9.86. The number of nitrogens with one attached hydrogen (secondary N) is 2. The summed E-state index contributed by atoms with van der Waals surface area (Å²) < 4.78 is 5.70. The van der Waals surface area contributed by atoms with E-state index in [0.717, 1.165) is 34.1 Å². The Morgan fingerprint density at radius 1 is 1.29 bits per heavy atom. The van der Waals surface area contributed by atoms with Gasteiger partial charge in [-0.25, -0.2) is 0 Å². The molecule has 2 N–H and O–H groups in total. The lowest BCUT2D eigenvalue weighted by Gasteiger charge is -2.26. The summed E-state index contributed by atoms with van der Waals surface area (Å²) in [6.07, 6.45) is 0.159. The quantitative estimate of drug-likeness (QED) is 0.672. The van der Waals surface area contributed by atoms with Gasteiger partial charge in [0.15, 0.2) is 0 Å². The van der Waals surface area contributed by atoms with Crippen molar-refractivity contribution in [3.8, 4) is 11.8 Å². The van der Waals surface area contributed by atoms with Crippen LogP contribution in [0.5, 0.6) is 5.75 Å². The van der Waals surface area contributed by atoms with E-state index in [9.17, 15) is 14.9 Å². The number of nitriles is 1. The molecule has 1 aliphatic rings. The zero-order valence-corrected chi connectivity index (χ0v) is 18.6. The van der Waals surface area contributed by atoms with Gasteiger partial charge in [0.05, 0.1) is 29.0 Å². The Morgan fingerprint density at radius 3 is 2.77 bits per heavy atom. The van der Waals surface area contributed by atoms with E-state index < -0.39 is 5.92 Å². The van der Waals surface area contributed by atoms with Gasteiger partial charge in [-0.15, -0.1) is 0 Å². The molecule has 1 aliphatic heterocycles. The molecule has 0 radical (unpaired) electrons. The van der Waals surface area contributed by atoms with Crippen LogP contribution in [0.15, 0.2) is 53.1 Å². The highest BCUT2D eigenvalue weighted by Gasteiger charge is 2.31. The molecule has 0 saturated heterocycles. The fraction of sp³-hybridized carbons (Fsp3) is 0.292. The summed E-state index contributed by atoms with van der Waals surface area (Å²) in [5.74, 6) is -0.0604. The first-order valence-corrected chi connectivity index (χ1v) is 11.1. The molecule has 0 unspecified atom stereocenters. The number of ether oxygens (including phenoxy) is 1. The smallest absolute Gasteiger partial charge is 0.234 e. The largest absolute Gasteiger partial charge is 0.494 e. The third kappa shape index (κ3) is 5.47. The zero-order chi connectivity index (χ0) is 22.4. The molecule has 2 amide bonds. The number of hydrogen-bond acceptors (Lipinski definition) is 5. The monoisotopic (exact) mass is 435 g/mol. The van der Waals surface area contributed by atoms with E-state index in [4.69, 9.17) is 4.74 Å². The number of carbonyl (C=O) groups excluding carboxylic acids is 2. The molecule has 31 heavy (non-hydrogen) atoms. The number of carbonyl (C=O) groups is 2. The van der Waals surface area contributed by atoms with Crippen molar-refractivity contribution in [1.29, 1.82) is 5.26 Å². The summed E-state index contributed by atoms with van der Waals surface area (Å²) in [5.41, 5.74) is 4.09. The van der Waals surface area contributed by atoms with E-state index in [1.54, 1.807) is 0 Å². The number of benzene rings is 2. The lowest BCUT2D eigenvalue weighted by Crippen LogP contribution is -2.31. The Kier molecular flexibility index (Phi) is 7.37. The van der Waals surface area contributed by atoms with E-state index in [1.807, 2.05) is 63.2 Å². The summed E-state index contributed by atoms with van der Waals surface area (Å²) in [7, 11) is 0. The predicted molar refractivity (Wildman–Crippen MR) is 123 cm³/mol. The Hall–Kier alpha value is -3.24. The van der Waals surface area contributed by atoms with Gasteiger partial charge in [0.2, 0.25) is 11.8 Å². The number of amides is 2. The molecule has 2 aromatic rings. The Morgan fingerprint density at radius 2 is 2.06 bits per heavy atom. The number of nitrogens with zero attached hydrogens (tertiary/aromatic N) is 1. The molecule has 0 bridgehead atoms. The van der Waals surface area contributed by atoms with Crippen molar-refractivity contribution in [3.63, 3.8) is 0 Å². The minimum absolute atomic E-state index is 0.0773. The van der Waals surface area contributed by atoms with Crippen LogP contribution >= 0.6 is 11.8 Å². The summed E-state index contributed by atoms with van der Waals surface area (Å²) >= 11 is 1.16. The maximum Gasteiger partial charge on any atom is 0.234 e. The highest BCUT2D eigenvalue weighted by Crippen LogP contribution is 2.39. The van der Waals surface area contributed by atoms with Crippen LogP contribution in [0, 0.1) is 25.2 Å². The number of aryl methyl sites for hydroxylation is 2. The lowest BCUT2D eigenvalue weighted by molar-refractivity contribution is -0.121. The van der Waals surface area contributed by atoms with E-state index in [0.29, 0.717) is 23.0 Å². The van der Waals surface area contributed by atoms with Crippen LogP contribution in [0.25, 0.3) is 0 Å². The molecule has 2 aromatic carbocycles. The van der Waals surface area contributed by atoms with Crippen molar-refractivity contribution < 1.29 is 14.3 Å². The van der Waals surface area contributed by atoms with Crippen LogP contribution in [0.3, 0.4) is 0 Å². The van der Waals surface area contributed by atoms with Gasteiger partial charge in [0.1, 0.15) is 5.75 Å². The molecule has 7 heteroatoms. The second-order valence-corrected chi connectivity index (χ2v) is 8.27. The maximum absolute atomic E-state index is 12.5. The number of hydrogen-bond donors (Lipinski definition) is 2. The summed E-state index contributed by atoms with van der Waals surface area (Å²) in [4.78, 5) is 24.9. The van der Waals surface area contributed by atoms with Gasteiger partial charge in [-0.2, -0.15) is 5.26 Å². The van der Waals surface area contributed by atoms with Crippen molar-refractivity contribution in [1.82, 2.24) is 5.32 Å². The molecular formula is C24H25N3O3S. The van der Waals surface area contributed by atoms with E-state index >= 15 is 0 Å². The van der Waals surface area contributed by atoms with E-state index in [2.05, 4.69) is 16.7 Å². The average Bonchev–Trinajstić information content (AvgIpc) is 2.74. The van der Waals surface area contributed by atoms with Crippen molar-refractivity contribution in [2.75, 3.05) is 17.7 Å². The first-order valence-electron chi connectivity index (χ1n) is 10.1. The molecule has 0 spiro atoms. The molecule has 3 rings (SSSR count). The highest BCUT2D eigenvalue weighted by molar-refractivity contribution is 8.03. The molecule has 160 valence electrons. The number of thioether (sulfide) groups is 1. The molecule has 6 nitrogen and oxygen atoms in total. The van der Waals surface area contributed by atoms with Crippen LogP contribution in [0.2, 0.25) is 0 Å². The third-order valence-electron chi connectivity index (χ3n) is 4.95. The minimum atomic E-state index is -0.411. The Balaban J connectivity index is 1.79. The molecule has 1 heterocycles. The van der Waals surface area contributed by atoms with Crippen molar-refractivity contribution in [2.45, 2.75) is 33.1 Å². The van der Waals surface area contributed by atoms with Gasteiger partial charge >= 0.3 is 0 Å². The summed E-state index contributed by atoms with van der Waals surface area (Å²) in [5, 5.41) is 15.9. The SMILES string of the molecule is CCOc1ccccc1[C@@H]1CC(=O)NC(SCC(=O)Nc2ccc(C)cc2C)=C1C#N. The Bertz CT molecular complexity index is 1070. The number of para-hydroxylation sites is 1.